The summed E-state index contributed by atoms with van der Waals surface area (Å²) in [6.45, 7) is 6.93. The lowest BCUT2D eigenvalue weighted by atomic mass is 9.70. The predicted molar refractivity (Wildman–Crippen MR) is 119 cm³/mol. The van der Waals surface area contributed by atoms with Crippen molar-refractivity contribution in [2.24, 2.45) is 16.7 Å². The number of nitrogens with one attached hydrogen (secondary N) is 1. The van der Waals surface area contributed by atoms with Gasteiger partial charge in [-0.3, -0.25) is 4.79 Å². The first-order valence-corrected chi connectivity index (χ1v) is 11.0. The van der Waals surface area contributed by atoms with E-state index in [9.17, 15) is 4.79 Å². The number of para-hydroxylation sites is 2. The van der Waals surface area contributed by atoms with Gasteiger partial charge in [-0.25, -0.2) is 0 Å². The normalized spacial score (nSPS) is 27.1. The van der Waals surface area contributed by atoms with Crippen molar-refractivity contribution in [3.8, 4) is 0 Å². The molecule has 0 saturated heterocycles. The number of ether oxygens (including phenoxy) is 1. The van der Waals surface area contributed by atoms with Crippen LogP contribution in [0.2, 0.25) is 10.0 Å². The van der Waals surface area contributed by atoms with Crippen molar-refractivity contribution >= 4 is 40.5 Å². The first-order chi connectivity index (χ1) is 13.7. The fourth-order valence-electron chi connectivity index (χ4n) is 5.21. The summed E-state index contributed by atoms with van der Waals surface area (Å²) >= 11 is 12.6. The number of hydrogen-bond acceptors (Lipinski definition) is 3. The molecule has 2 saturated carbocycles. The molecule has 2 aromatic rings. The first-order valence-electron chi connectivity index (χ1n) is 10.2. The Morgan fingerprint density at radius 3 is 2.41 bits per heavy atom. The highest BCUT2D eigenvalue weighted by Gasteiger charge is 2.62. The second-order valence-corrected chi connectivity index (χ2v) is 9.96. The number of fused-ring (bicyclic) bond motifs is 2. The largest absolute Gasteiger partial charge is 0.462 e. The molecule has 2 bridgehead atoms. The van der Waals surface area contributed by atoms with Crippen LogP contribution in [-0.2, 0) is 16.0 Å². The van der Waals surface area contributed by atoms with Crippen molar-refractivity contribution in [1.82, 2.24) is 0 Å². The van der Waals surface area contributed by atoms with E-state index in [1.54, 1.807) is 18.2 Å². The molecule has 0 radical (unpaired) electrons. The first kappa shape index (κ1) is 20.6. The number of anilines is 2. The Morgan fingerprint density at radius 1 is 1.10 bits per heavy atom. The average molecular weight is 432 g/mol. The van der Waals surface area contributed by atoms with Gasteiger partial charge in [0.1, 0.15) is 6.10 Å². The Kier molecular flexibility index (Phi) is 5.33. The third-order valence-corrected chi connectivity index (χ3v) is 8.19. The van der Waals surface area contributed by atoms with E-state index in [0.29, 0.717) is 21.7 Å². The Bertz CT molecular complexity index is 922. The topological polar surface area (TPSA) is 38.3 Å². The van der Waals surface area contributed by atoms with E-state index in [1.807, 2.05) is 24.3 Å². The summed E-state index contributed by atoms with van der Waals surface area (Å²) in [5, 5.41) is 4.35. The van der Waals surface area contributed by atoms with Crippen LogP contribution in [0.4, 0.5) is 11.4 Å². The molecule has 5 heteroatoms. The number of halogens is 2. The molecule has 2 aliphatic carbocycles. The van der Waals surface area contributed by atoms with Gasteiger partial charge < -0.3 is 10.1 Å². The molecule has 2 fully saturated rings. The zero-order valence-electron chi connectivity index (χ0n) is 17.1. The van der Waals surface area contributed by atoms with Crippen molar-refractivity contribution in [3.63, 3.8) is 0 Å². The smallest absolute Gasteiger partial charge is 0.310 e. The highest BCUT2D eigenvalue weighted by molar-refractivity contribution is 6.39. The average Bonchev–Trinajstić information content (AvgIpc) is 2.99. The molecular formula is C24H27Cl2NO2. The number of esters is 1. The second kappa shape index (κ2) is 7.52. The molecule has 1 N–H and O–H groups in total. The van der Waals surface area contributed by atoms with Crippen LogP contribution in [0.5, 0.6) is 0 Å². The van der Waals surface area contributed by atoms with Crippen LogP contribution >= 0.6 is 23.2 Å². The van der Waals surface area contributed by atoms with Crippen LogP contribution in [0.25, 0.3) is 0 Å². The minimum Gasteiger partial charge on any atom is -0.462 e. The molecule has 0 spiro atoms. The maximum absolute atomic E-state index is 12.8. The number of carbonyl (C=O) groups is 1. The van der Waals surface area contributed by atoms with Crippen LogP contribution in [-0.4, -0.2) is 12.1 Å². The molecule has 0 amide bonds. The predicted octanol–water partition coefficient (Wildman–Crippen LogP) is 7.04. The minimum atomic E-state index is -0.181. The van der Waals surface area contributed by atoms with Crippen LogP contribution < -0.4 is 5.32 Å². The Morgan fingerprint density at radius 2 is 1.79 bits per heavy atom. The third kappa shape index (κ3) is 3.53. The number of carbonyl (C=O) groups excluding carboxylic acids is 1. The minimum absolute atomic E-state index is 0.00174. The summed E-state index contributed by atoms with van der Waals surface area (Å²) in [6.07, 6.45) is 3.56. The van der Waals surface area contributed by atoms with E-state index in [2.05, 4.69) is 26.1 Å². The van der Waals surface area contributed by atoms with E-state index in [1.165, 1.54) is 6.42 Å². The molecule has 2 aliphatic rings. The van der Waals surface area contributed by atoms with Crippen LogP contribution in [0.3, 0.4) is 0 Å². The van der Waals surface area contributed by atoms with Crippen LogP contribution in [0, 0.1) is 16.7 Å². The van der Waals surface area contributed by atoms with Crippen LogP contribution in [0.1, 0.15) is 45.6 Å². The Labute approximate surface area is 182 Å². The van der Waals surface area contributed by atoms with Crippen molar-refractivity contribution < 1.29 is 9.53 Å². The molecule has 0 aromatic heterocycles. The van der Waals surface area contributed by atoms with Gasteiger partial charge in [0.25, 0.3) is 0 Å². The second-order valence-electron chi connectivity index (χ2n) is 9.14. The Hall–Kier alpha value is -1.71. The van der Waals surface area contributed by atoms with Crippen LogP contribution in [0.15, 0.2) is 42.5 Å². The maximum atomic E-state index is 12.8. The SMILES string of the molecule is CC1(C)C2CCC1(C)[C@H](OC(=O)Cc1ccccc1Nc1c(Cl)cccc1Cl)C2. The van der Waals surface area contributed by atoms with Gasteiger partial charge in [-0.05, 0) is 54.4 Å². The van der Waals surface area contributed by atoms with E-state index in [4.69, 9.17) is 27.9 Å². The third-order valence-electron chi connectivity index (χ3n) is 7.56. The van der Waals surface area contributed by atoms with Gasteiger partial charge in [0.05, 0.1) is 22.2 Å². The van der Waals surface area contributed by atoms with E-state index in [-0.39, 0.29) is 29.3 Å². The van der Waals surface area contributed by atoms with Gasteiger partial charge >= 0.3 is 5.97 Å². The molecular weight excluding hydrogens is 405 g/mol. The summed E-state index contributed by atoms with van der Waals surface area (Å²) in [7, 11) is 0. The fraction of sp³-hybridized carbons (Fsp3) is 0.458. The lowest BCUT2D eigenvalue weighted by molar-refractivity contribution is -0.156. The van der Waals surface area contributed by atoms with Gasteiger partial charge in [-0.1, -0.05) is 68.2 Å². The van der Waals surface area contributed by atoms with Crippen molar-refractivity contribution in [2.75, 3.05) is 5.32 Å². The molecule has 2 unspecified atom stereocenters. The maximum Gasteiger partial charge on any atom is 0.310 e. The molecule has 154 valence electrons. The highest BCUT2D eigenvalue weighted by atomic mass is 35.5. The van der Waals surface area contributed by atoms with Gasteiger partial charge in [0.15, 0.2) is 0 Å². The standard InChI is InChI=1S/C24H27Cl2NO2/c1-23(2)16-11-12-24(23,3)20(14-16)29-21(28)13-15-7-4-5-10-19(15)27-22-17(25)8-6-9-18(22)26/h4-10,16,20,27H,11-14H2,1-3H3/t16?,20-,24?/m1/s1. The summed E-state index contributed by atoms with van der Waals surface area (Å²) in [5.74, 6) is 0.459. The van der Waals surface area contributed by atoms with E-state index < -0.39 is 0 Å². The highest BCUT2D eigenvalue weighted by Crippen LogP contribution is 2.66. The summed E-state index contributed by atoms with van der Waals surface area (Å²) in [6, 6.07) is 13.1. The number of hydrogen-bond donors (Lipinski definition) is 1. The molecule has 0 aliphatic heterocycles. The molecule has 3 atom stereocenters. The van der Waals surface area contributed by atoms with Gasteiger partial charge in [-0.15, -0.1) is 0 Å². The van der Waals surface area contributed by atoms with E-state index >= 15 is 0 Å². The molecule has 3 nitrogen and oxygen atoms in total. The quantitative estimate of drug-likeness (QED) is 0.515. The lowest BCUT2D eigenvalue weighted by Crippen LogP contribution is -2.38. The van der Waals surface area contributed by atoms with Gasteiger partial charge in [0, 0.05) is 11.1 Å². The molecule has 29 heavy (non-hydrogen) atoms. The zero-order chi connectivity index (χ0) is 20.8. The fourth-order valence-corrected chi connectivity index (χ4v) is 5.70. The van der Waals surface area contributed by atoms with Crippen molar-refractivity contribution in [2.45, 2.75) is 52.6 Å². The molecule has 0 heterocycles. The zero-order valence-corrected chi connectivity index (χ0v) is 18.6. The summed E-state index contributed by atoms with van der Waals surface area (Å²) < 4.78 is 6.02. The monoisotopic (exact) mass is 431 g/mol. The van der Waals surface area contributed by atoms with Gasteiger partial charge in [0.2, 0.25) is 0 Å². The summed E-state index contributed by atoms with van der Waals surface area (Å²) in [4.78, 5) is 12.8. The lowest BCUT2D eigenvalue weighted by Gasteiger charge is -2.38. The Balaban J connectivity index is 1.49. The van der Waals surface area contributed by atoms with Crippen molar-refractivity contribution in [1.29, 1.82) is 0 Å². The summed E-state index contributed by atoms with van der Waals surface area (Å²) in [5.41, 5.74) is 2.59. The van der Waals surface area contributed by atoms with Gasteiger partial charge in [-0.2, -0.15) is 0 Å². The van der Waals surface area contributed by atoms with Crippen molar-refractivity contribution in [3.05, 3.63) is 58.1 Å². The molecule has 2 aromatic carbocycles. The van der Waals surface area contributed by atoms with E-state index in [0.717, 1.165) is 24.1 Å². The number of rotatable bonds is 5. The number of benzene rings is 2. The molecule has 4 rings (SSSR count).